The molecule has 1 aromatic rings. The normalized spacial score (nSPS) is 25.4. The molecule has 4 nitrogen and oxygen atoms in total. The maximum atomic E-state index is 13.9. The summed E-state index contributed by atoms with van der Waals surface area (Å²) in [4.78, 5) is 2.23. The van der Waals surface area contributed by atoms with Crippen LogP contribution in [-0.4, -0.2) is 48.5 Å². The number of aliphatic hydroxyl groups is 1. The fourth-order valence-corrected chi connectivity index (χ4v) is 3.33. The lowest BCUT2D eigenvalue weighted by molar-refractivity contribution is -0.0457. The summed E-state index contributed by atoms with van der Waals surface area (Å²) in [6.45, 7) is 2.76. The Kier molecular flexibility index (Phi) is 4.15. The second kappa shape index (κ2) is 5.91. The lowest BCUT2D eigenvalue weighted by Gasteiger charge is -2.38. The van der Waals surface area contributed by atoms with E-state index in [1.54, 1.807) is 19.2 Å². The predicted molar refractivity (Wildman–Crippen MR) is 76.8 cm³/mol. The summed E-state index contributed by atoms with van der Waals surface area (Å²) < 4.78 is 24.8. The quantitative estimate of drug-likeness (QED) is 0.925. The molecule has 0 aliphatic carbocycles. The number of halogens is 1. The Bertz CT molecular complexity index is 500. The minimum Gasteiger partial charge on any atom is -0.497 e. The van der Waals surface area contributed by atoms with Crippen LogP contribution in [-0.2, 0) is 11.3 Å². The molecule has 5 heteroatoms. The van der Waals surface area contributed by atoms with Gasteiger partial charge in [0.15, 0.2) is 0 Å². The standard InChI is InChI=1S/C16H22FNO3/c1-20-14-2-3-15(17)12(8-14)10-18-6-4-16(5-7-18)9-13(19)11-21-16/h2-3,8,13,19H,4-7,9-11H2,1H3/t13-/m0/s1. The molecule has 2 aliphatic rings. The van der Waals surface area contributed by atoms with E-state index in [-0.39, 0.29) is 17.5 Å². The maximum absolute atomic E-state index is 13.9. The van der Waals surface area contributed by atoms with Gasteiger partial charge in [-0.2, -0.15) is 0 Å². The molecule has 0 bridgehead atoms. The van der Waals surface area contributed by atoms with E-state index in [0.29, 0.717) is 24.5 Å². The van der Waals surface area contributed by atoms with Gasteiger partial charge in [0.05, 0.1) is 25.4 Å². The third-order valence-electron chi connectivity index (χ3n) is 4.60. The molecule has 1 atom stereocenters. The second-order valence-electron chi connectivity index (χ2n) is 6.09. The fourth-order valence-electron chi connectivity index (χ4n) is 3.33. The summed E-state index contributed by atoms with van der Waals surface area (Å²) >= 11 is 0. The molecule has 116 valence electrons. The van der Waals surface area contributed by atoms with E-state index in [1.165, 1.54) is 6.07 Å². The molecule has 0 radical (unpaired) electrons. The van der Waals surface area contributed by atoms with Crippen molar-refractivity contribution in [3.63, 3.8) is 0 Å². The Hall–Kier alpha value is -1.17. The highest BCUT2D eigenvalue weighted by atomic mass is 19.1. The van der Waals surface area contributed by atoms with Crippen LogP contribution in [0.4, 0.5) is 4.39 Å². The van der Waals surface area contributed by atoms with Crippen molar-refractivity contribution in [2.45, 2.75) is 37.5 Å². The Morgan fingerprint density at radius 2 is 2.19 bits per heavy atom. The number of nitrogens with zero attached hydrogens (tertiary/aromatic N) is 1. The topological polar surface area (TPSA) is 41.9 Å². The second-order valence-corrected chi connectivity index (χ2v) is 6.09. The zero-order chi connectivity index (χ0) is 14.9. The molecule has 21 heavy (non-hydrogen) atoms. The molecule has 0 amide bonds. The molecule has 2 heterocycles. The predicted octanol–water partition coefficient (Wildman–Crippen LogP) is 1.95. The minimum absolute atomic E-state index is 0.150. The first-order chi connectivity index (χ1) is 10.1. The van der Waals surface area contributed by atoms with Crippen molar-refractivity contribution < 1.29 is 19.0 Å². The number of methoxy groups -OCH3 is 1. The van der Waals surface area contributed by atoms with Crippen LogP contribution in [0.25, 0.3) is 0 Å². The van der Waals surface area contributed by atoms with Crippen molar-refractivity contribution in [3.8, 4) is 5.75 Å². The van der Waals surface area contributed by atoms with E-state index in [1.807, 2.05) is 0 Å². The Balaban J connectivity index is 1.60. The van der Waals surface area contributed by atoms with Crippen molar-refractivity contribution >= 4 is 0 Å². The van der Waals surface area contributed by atoms with Gasteiger partial charge in [-0.05, 0) is 31.0 Å². The number of likely N-dealkylation sites (tertiary alicyclic amines) is 1. The van der Waals surface area contributed by atoms with E-state index >= 15 is 0 Å². The summed E-state index contributed by atoms with van der Waals surface area (Å²) in [6, 6.07) is 4.85. The lowest BCUT2D eigenvalue weighted by Crippen LogP contribution is -2.43. The van der Waals surface area contributed by atoms with Crippen LogP contribution in [0.3, 0.4) is 0 Å². The van der Waals surface area contributed by atoms with Gasteiger partial charge in [-0.25, -0.2) is 4.39 Å². The van der Waals surface area contributed by atoms with Gasteiger partial charge in [0.2, 0.25) is 0 Å². The average molecular weight is 295 g/mol. The van der Waals surface area contributed by atoms with Crippen LogP contribution in [0.1, 0.15) is 24.8 Å². The van der Waals surface area contributed by atoms with Crippen LogP contribution in [0.2, 0.25) is 0 Å². The molecular weight excluding hydrogens is 273 g/mol. The molecular formula is C16H22FNO3. The smallest absolute Gasteiger partial charge is 0.127 e. The van der Waals surface area contributed by atoms with E-state index in [2.05, 4.69) is 4.90 Å². The van der Waals surface area contributed by atoms with Crippen LogP contribution < -0.4 is 4.74 Å². The SMILES string of the molecule is COc1ccc(F)c(CN2CCC3(CC2)C[C@H](O)CO3)c1. The zero-order valence-corrected chi connectivity index (χ0v) is 12.3. The molecule has 3 rings (SSSR count). The molecule has 0 unspecified atom stereocenters. The van der Waals surface area contributed by atoms with Gasteiger partial charge in [-0.1, -0.05) is 0 Å². The lowest BCUT2D eigenvalue weighted by atomic mass is 9.88. The first-order valence-electron chi connectivity index (χ1n) is 7.47. The number of piperidine rings is 1. The average Bonchev–Trinajstić information content (AvgIpc) is 2.85. The highest BCUT2D eigenvalue weighted by Gasteiger charge is 2.42. The number of aliphatic hydroxyl groups excluding tert-OH is 1. The third kappa shape index (κ3) is 3.20. The highest BCUT2D eigenvalue weighted by molar-refractivity contribution is 5.29. The third-order valence-corrected chi connectivity index (χ3v) is 4.60. The van der Waals surface area contributed by atoms with E-state index in [9.17, 15) is 9.50 Å². The van der Waals surface area contributed by atoms with Gasteiger partial charge < -0.3 is 14.6 Å². The number of ether oxygens (including phenoxy) is 2. The van der Waals surface area contributed by atoms with E-state index < -0.39 is 0 Å². The highest BCUT2D eigenvalue weighted by Crippen LogP contribution is 2.36. The van der Waals surface area contributed by atoms with Crippen molar-refractivity contribution in [2.24, 2.45) is 0 Å². The molecule has 2 aliphatic heterocycles. The molecule has 2 fully saturated rings. The molecule has 2 saturated heterocycles. The molecule has 0 saturated carbocycles. The maximum Gasteiger partial charge on any atom is 0.127 e. The largest absolute Gasteiger partial charge is 0.497 e. The number of benzene rings is 1. The van der Waals surface area contributed by atoms with Gasteiger partial charge in [0.1, 0.15) is 11.6 Å². The Morgan fingerprint density at radius 3 is 2.81 bits per heavy atom. The van der Waals surface area contributed by atoms with Gasteiger partial charge in [-0.3, -0.25) is 4.90 Å². The molecule has 0 aromatic heterocycles. The Labute approximate surface area is 124 Å². The molecule has 1 spiro atoms. The van der Waals surface area contributed by atoms with Gasteiger partial charge in [0, 0.05) is 31.6 Å². The van der Waals surface area contributed by atoms with Gasteiger partial charge in [-0.15, -0.1) is 0 Å². The van der Waals surface area contributed by atoms with Crippen molar-refractivity contribution in [2.75, 3.05) is 26.8 Å². The first-order valence-corrected chi connectivity index (χ1v) is 7.47. The number of hydrogen-bond acceptors (Lipinski definition) is 4. The van der Waals surface area contributed by atoms with E-state index in [0.717, 1.165) is 32.4 Å². The van der Waals surface area contributed by atoms with Crippen LogP contribution >= 0.6 is 0 Å². The Morgan fingerprint density at radius 1 is 1.43 bits per heavy atom. The zero-order valence-electron chi connectivity index (χ0n) is 12.3. The summed E-state index contributed by atoms with van der Waals surface area (Å²) in [5.74, 6) is 0.491. The summed E-state index contributed by atoms with van der Waals surface area (Å²) in [5.41, 5.74) is 0.515. The van der Waals surface area contributed by atoms with Gasteiger partial charge in [0.25, 0.3) is 0 Å². The number of hydrogen-bond donors (Lipinski definition) is 1. The van der Waals surface area contributed by atoms with Crippen molar-refractivity contribution in [1.29, 1.82) is 0 Å². The summed E-state index contributed by atoms with van der Waals surface area (Å²) in [6.07, 6.45) is 2.20. The van der Waals surface area contributed by atoms with Crippen LogP contribution in [0.5, 0.6) is 5.75 Å². The molecule has 1 N–H and O–H groups in total. The monoisotopic (exact) mass is 295 g/mol. The van der Waals surface area contributed by atoms with Crippen molar-refractivity contribution in [3.05, 3.63) is 29.6 Å². The van der Waals surface area contributed by atoms with Crippen LogP contribution in [0, 0.1) is 5.82 Å². The fraction of sp³-hybridized carbons (Fsp3) is 0.625. The minimum atomic E-state index is -0.327. The molecule has 1 aromatic carbocycles. The summed E-state index contributed by atoms with van der Waals surface area (Å²) in [5, 5.41) is 9.64. The van der Waals surface area contributed by atoms with Crippen molar-refractivity contribution in [1.82, 2.24) is 4.90 Å². The van der Waals surface area contributed by atoms with E-state index in [4.69, 9.17) is 9.47 Å². The number of rotatable bonds is 3. The first kappa shape index (κ1) is 14.8. The summed E-state index contributed by atoms with van der Waals surface area (Å²) in [7, 11) is 1.59. The van der Waals surface area contributed by atoms with Crippen LogP contribution in [0.15, 0.2) is 18.2 Å². The van der Waals surface area contributed by atoms with Gasteiger partial charge >= 0.3 is 0 Å².